The molecule has 19 heavy (non-hydrogen) atoms. The predicted octanol–water partition coefficient (Wildman–Crippen LogP) is 2.35. The quantitative estimate of drug-likeness (QED) is 0.858. The van der Waals surface area contributed by atoms with Gasteiger partial charge in [-0.15, -0.1) is 0 Å². The van der Waals surface area contributed by atoms with Crippen LogP contribution in [0.1, 0.15) is 45.2 Å². The van der Waals surface area contributed by atoms with Crippen molar-refractivity contribution in [3.8, 4) is 0 Å². The molecule has 0 radical (unpaired) electrons. The van der Waals surface area contributed by atoms with Gasteiger partial charge in [-0.3, -0.25) is 4.68 Å². The molecule has 5 nitrogen and oxygen atoms in total. The summed E-state index contributed by atoms with van der Waals surface area (Å²) >= 11 is 0. The molecule has 0 spiro atoms. The van der Waals surface area contributed by atoms with Crippen LogP contribution in [0.3, 0.4) is 0 Å². The first-order chi connectivity index (χ1) is 9.04. The molecule has 2 rings (SSSR count). The van der Waals surface area contributed by atoms with Gasteiger partial charge in [-0.25, -0.2) is 0 Å². The molecule has 1 aromatic heterocycles. The summed E-state index contributed by atoms with van der Waals surface area (Å²) in [7, 11) is 1.94. The number of hydrogen-bond donors (Lipinski definition) is 2. The summed E-state index contributed by atoms with van der Waals surface area (Å²) in [4.78, 5) is 0. The number of aryl methyl sites for hydroxylation is 1. The number of hydrogen-bond acceptors (Lipinski definition) is 4. The van der Waals surface area contributed by atoms with Gasteiger partial charge in [0.25, 0.3) is 0 Å². The molecule has 0 amide bonds. The highest BCUT2D eigenvalue weighted by Gasteiger charge is 2.27. The monoisotopic (exact) mass is 266 g/mol. The summed E-state index contributed by atoms with van der Waals surface area (Å²) < 4.78 is 7.56. The molecular formula is C14H26N4O. The van der Waals surface area contributed by atoms with Crippen molar-refractivity contribution in [3.05, 3.63) is 5.69 Å². The van der Waals surface area contributed by atoms with Crippen LogP contribution in [-0.4, -0.2) is 29.0 Å². The topological polar surface area (TPSA) is 65.1 Å². The second-order valence-electron chi connectivity index (χ2n) is 5.67. The van der Waals surface area contributed by atoms with E-state index in [9.17, 15) is 0 Å². The minimum atomic E-state index is 0.347. The maximum Gasteiger partial charge on any atom is 0.147 e. The average molecular weight is 266 g/mol. The van der Waals surface area contributed by atoms with Crippen molar-refractivity contribution in [2.75, 3.05) is 24.2 Å². The summed E-state index contributed by atoms with van der Waals surface area (Å²) in [5, 5.41) is 7.95. The first-order valence-electron chi connectivity index (χ1n) is 7.22. The first-order valence-corrected chi connectivity index (χ1v) is 7.22. The maximum absolute atomic E-state index is 6.18. The van der Waals surface area contributed by atoms with E-state index < -0.39 is 0 Å². The zero-order valence-corrected chi connectivity index (χ0v) is 12.4. The second-order valence-corrected chi connectivity index (χ2v) is 5.67. The normalized spacial score (nSPS) is 23.2. The summed E-state index contributed by atoms with van der Waals surface area (Å²) in [6, 6.07) is 0. The minimum Gasteiger partial charge on any atom is -0.394 e. The van der Waals surface area contributed by atoms with Crippen molar-refractivity contribution in [1.29, 1.82) is 0 Å². The number of nitrogens with one attached hydrogen (secondary N) is 1. The molecule has 2 atom stereocenters. The Bertz CT molecular complexity index is 427. The molecule has 1 aliphatic rings. The third kappa shape index (κ3) is 2.86. The van der Waals surface area contributed by atoms with Crippen LogP contribution < -0.4 is 11.1 Å². The van der Waals surface area contributed by atoms with E-state index in [1.54, 1.807) is 0 Å². The van der Waals surface area contributed by atoms with Crippen LogP contribution in [0.25, 0.3) is 0 Å². The molecule has 1 fully saturated rings. The molecular weight excluding hydrogens is 240 g/mol. The predicted molar refractivity (Wildman–Crippen MR) is 78.3 cm³/mol. The molecule has 1 saturated heterocycles. The highest BCUT2D eigenvalue weighted by molar-refractivity contribution is 5.65. The standard InChI is InChI=1S/C14H26N4O/c1-5-11-10(6-7-19-11)8-16-14-12(15)13(9(2)3)17-18(14)4/h9-11,16H,5-8,15H2,1-4H3. The zero-order valence-electron chi connectivity index (χ0n) is 12.4. The van der Waals surface area contributed by atoms with Crippen LogP contribution in [-0.2, 0) is 11.8 Å². The Balaban J connectivity index is 2.03. The molecule has 2 heterocycles. The maximum atomic E-state index is 6.18. The van der Waals surface area contributed by atoms with Gasteiger partial charge in [0.2, 0.25) is 0 Å². The Morgan fingerprint density at radius 2 is 2.26 bits per heavy atom. The highest BCUT2D eigenvalue weighted by atomic mass is 16.5. The molecule has 0 aliphatic carbocycles. The van der Waals surface area contributed by atoms with Crippen LogP contribution in [0.2, 0.25) is 0 Å². The van der Waals surface area contributed by atoms with Gasteiger partial charge in [0.15, 0.2) is 0 Å². The fourth-order valence-corrected chi connectivity index (χ4v) is 2.80. The third-order valence-electron chi connectivity index (χ3n) is 3.94. The number of aromatic nitrogens is 2. The number of nitrogens with zero attached hydrogens (tertiary/aromatic N) is 2. The van der Waals surface area contributed by atoms with Crippen LogP contribution in [0.15, 0.2) is 0 Å². The lowest BCUT2D eigenvalue weighted by molar-refractivity contribution is 0.0900. The average Bonchev–Trinajstić information content (AvgIpc) is 2.92. The fraction of sp³-hybridized carbons (Fsp3) is 0.786. The number of nitrogen functional groups attached to an aromatic ring is 1. The van der Waals surface area contributed by atoms with Crippen LogP contribution in [0.4, 0.5) is 11.5 Å². The van der Waals surface area contributed by atoms with Gasteiger partial charge in [-0.2, -0.15) is 5.10 Å². The Morgan fingerprint density at radius 3 is 2.84 bits per heavy atom. The Kier molecular flexibility index (Phi) is 4.34. The van der Waals surface area contributed by atoms with E-state index in [2.05, 4.69) is 31.2 Å². The Morgan fingerprint density at radius 1 is 1.53 bits per heavy atom. The van der Waals surface area contributed by atoms with Gasteiger partial charge in [0.1, 0.15) is 5.82 Å². The zero-order chi connectivity index (χ0) is 14.0. The first kappa shape index (κ1) is 14.2. The van der Waals surface area contributed by atoms with E-state index in [4.69, 9.17) is 10.5 Å². The summed E-state index contributed by atoms with van der Waals surface area (Å²) in [5.41, 5.74) is 7.93. The van der Waals surface area contributed by atoms with Crippen molar-refractivity contribution in [3.63, 3.8) is 0 Å². The second kappa shape index (κ2) is 5.82. The van der Waals surface area contributed by atoms with E-state index >= 15 is 0 Å². The van der Waals surface area contributed by atoms with E-state index in [-0.39, 0.29) is 0 Å². The summed E-state index contributed by atoms with van der Waals surface area (Å²) in [6.07, 6.45) is 2.58. The van der Waals surface area contributed by atoms with Crippen molar-refractivity contribution >= 4 is 11.5 Å². The van der Waals surface area contributed by atoms with Crippen molar-refractivity contribution in [1.82, 2.24) is 9.78 Å². The molecule has 3 N–H and O–H groups in total. The van der Waals surface area contributed by atoms with Gasteiger partial charge in [-0.1, -0.05) is 20.8 Å². The number of rotatable bonds is 5. The smallest absolute Gasteiger partial charge is 0.147 e. The van der Waals surface area contributed by atoms with Gasteiger partial charge in [0.05, 0.1) is 17.5 Å². The SMILES string of the molecule is CCC1OCCC1CNc1c(N)c(C(C)C)nn1C. The molecule has 2 unspecified atom stereocenters. The van der Waals surface area contributed by atoms with Crippen molar-refractivity contribution in [2.24, 2.45) is 13.0 Å². The number of anilines is 2. The summed E-state index contributed by atoms with van der Waals surface area (Å²) in [6.45, 7) is 8.18. The van der Waals surface area contributed by atoms with Crippen molar-refractivity contribution < 1.29 is 4.74 Å². The van der Waals surface area contributed by atoms with Crippen LogP contribution >= 0.6 is 0 Å². The van der Waals surface area contributed by atoms with E-state index in [0.717, 1.165) is 43.2 Å². The van der Waals surface area contributed by atoms with Crippen LogP contribution in [0, 0.1) is 5.92 Å². The molecule has 1 aliphatic heterocycles. The molecule has 108 valence electrons. The van der Waals surface area contributed by atoms with E-state index in [1.165, 1.54) is 0 Å². The molecule has 0 bridgehead atoms. The van der Waals surface area contributed by atoms with Gasteiger partial charge in [0, 0.05) is 26.1 Å². The number of ether oxygens (including phenoxy) is 1. The highest BCUT2D eigenvalue weighted by Crippen LogP contribution is 2.29. The minimum absolute atomic E-state index is 0.347. The van der Waals surface area contributed by atoms with Gasteiger partial charge in [-0.05, 0) is 18.8 Å². The summed E-state index contributed by atoms with van der Waals surface area (Å²) in [5.74, 6) is 1.85. The third-order valence-corrected chi connectivity index (χ3v) is 3.94. The Hall–Kier alpha value is -1.23. The molecule has 0 aromatic carbocycles. The van der Waals surface area contributed by atoms with E-state index in [0.29, 0.717) is 17.9 Å². The number of nitrogens with two attached hydrogens (primary N) is 1. The van der Waals surface area contributed by atoms with Crippen LogP contribution in [0.5, 0.6) is 0 Å². The lowest BCUT2D eigenvalue weighted by Crippen LogP contribution is -2.23. The van der Waals surface area contributed by atoms with Gasteiger partial charge < -0.3 is 15.8 Å². The fourth-order valence-electron chi connectivity index (χ4n) is 2.80. The molecule has 5 heteroatoms. The molecule has 1 aromatic rings. The Labute approximate surface area is 115 Å². The lowest BCUT2D eigenvalue weighted by atomic mass is 10.00. The van der Waals surface area contributed by atoms with Gasteiger partial charge >= 0.3 is 0 Å². The molecule has 0 saturated carbocycles. The van der Waals surface area contributed by atoms with E-state index in [1.807, 2.05) is 11.7 Å². The lowest BCUT2D eigenvalue weighted by Gasteiger charge is -2.18. The van der Waals surface area contributed by atoms with Crippen molar-refractivity contribution in [2.45, 2.75) is 45.6 Å². The largest absolute Gasteiger partial charge is 0.394 e.